The number of amides is 1. The molecular formula is C24H14FN3O. The van der Waals surface area contributed by atoms with Crippen molar-refractivity contribution in [1.29, 1.82) is 5.26 Å². The molecule has 1 amide bonds. The highest BCUT2D eigenvalue weighted by molar-refractivity contribution is 6.17. The summed E-state index contributed by atoms with van der Waals surface area (Å²) in [4.78, 5) is 17.0. The van der Waals surface area contributed by atoms with Crippen molar-refractivity contribution in [2.45, 2.75) is 6.42 Å². The molecule has 5 heteroatoms. The van der Waals surface area contributed by atoms with Crippen molar-refractivity contribution in [3.63, 3.8) is 0 Å². The number of anilines is 1. The number of carbonyl (C=O) groups is 1. The largest absolute Gasteiger partial charge is 0.324 e. The zero-order valence-corrected chi connectivity index (χ0v) is 15.2. The van der Waals surface area contributed by atoms with Crippen molar-refractivity contribution >= 4 is 23.0 Å². The van der Waals surface area contributed by atoms with Crippen LogP contribution in [0.3, 0.4) is 0 Å². The van der Waals surface area contributed by atoms with Crippen LogP contribution in [0.4, 0.5) is 15.8 Å². The predicted molar refractivity (Wildman–Crippen MR) is 109 cm³/mol. The molecule has 1 aliphatic heterocycles. The van der Waals surface area contributed by atoms with Gasteiger partial charge in [-0.3, -0.25) is 9.79 Å². The van der Waals surface area contributed by atoms with Crippen molar-refractivity contribution in [2.24, 2.45) is 4.99 Å². The molecule has 4 nitrogen and oxygen atoms in total. The van der Waals surface area contributed by atoms with Gasteiger partial charge in [-0.05, 0) is 60.2 Å². The lowest BCUT2D eigenvalue weighted by atomic mass is 10.0. The van der Waals surface area contributed by atoms with Gasteiger partial charge in [0.15, 0.2) is 0 Å². The first-order chi connectivity index (χ1) is 14.1. The highest BCUT2D eigenvalue weighted by Gasteiger charge is 2.17. The van der Waals surface area contributed by atoms with Crippen molar-refractivity contribution in [1.82, 2.24) is 0 Å². The number of nitrogens with one attached hydrogen (secondary N) is 1. The summed E-state index contributed by atoms with van der Waals surface area (Å²) in [5.74, 6) is 5.49. The number of hydrogen-bond donors (Lipinski definition) is 1. The number of benzene rings is 3. The second-order valence-electron chi connectivity index (χ2n) is 6.46. The minimum absolute atomic E-state index is 0.111. The average Bonchev–Trinajstić information content (AvgIpc) is 2.91. The Labute approximate surface area is 167 Å². The molecule has 3 aromatic rings. The molecule has 1 aliphatic rings. The third-order valence-corrected chi connectivity index (χ3v) is 4.37. The maximum absolute atomic E-state index is 13.0. The summed E-state index contributed by atoms with van der Waals surface area (Å²) < 4.78 is 13.0. The normalized spacial score (nSPS) is 12.4. The molecule has 1 N–H and O–H groups in total. The first-order valence-corrected chi connectivity index (χ1v) is 8.90. The average molecular weight is 379 g/mol. The number of halogens is 1. The second kappa shape index (κ2) is 7.80. The van der Waals surface area contributed by atoms with Crippen LogP contribution < -0.4 is 5.32 Å². The smallest absolute Gasteiger partial charge is 0.230 e. The Morgan fingerprint density at radius 2 is 1.69 bits per heavy atom. The zero-order chi connectivity index (χ0) is 20.2. The number of aliphatic imine (C=N–C) groups is 1. The number of nitriles is 1. The van der Waals surface area contributed by atoms with Gasteiger partial charge in [0.1, 0.15) is 5.82 Å². The van der Waals surface area contributed by atoms with E-state index < -0.39 is 0 Å². The van der Waals surface area contributed by atoms with Crippen molar-refractivity contribution in [3.05, 3.63) is 94.8 Å². The van der Waals surface area contributed by atoms with E-state index >= 15 is 0 Å². The van der Waals surface area contributed by atoms with Gasteiger partial charge in [-0.25, -0.2) is 4.39 Å². The van der Waals surface area contributed by atoms with E-state index in [1.807, 2.05) is 12.1 Å². The van der Waals surface area contributed by atoms with Gasteiger partial charge in [0.25, 0.3) is 0 Å². The molecule has 0 saturated carbocycles. The van der Waals surface area contributed by atoms with Crippen LogP contribution in [0.2, 0.25) is 0 Å². The number of hydrogen-bond acceptors (Lipinski definition) is 3. The lowest BCUT2D eigenvalue weighted by Crippen LogP contribution is -2.15. The molecule has 0 fully saturated rings. The fraction of sp³-hybridized carbons (Fsp3) is 0.0417. The number of fused-ring (bicyclic) bond motifs is 1. The van der Waals surface area contributed by atoms with Crippen LogP contribution in [0.15, 0.2) is 71.7 Å². The van der Waals surface area contributed by atoms with E-state index in [1.165, 1.54) is 12.1 Å². The number of rotatable bonds is 1. The predicted octanol–water partition coefficient (Wildman–Crippen LogP) is 4.56. The van der Waals surface area contributed by atoms with Gasteiger partial charge in [0.05, 0.1) is 35.1 Å². The Morgan fingerprint density at radius 3 is 2.48 bits per heavy atom. The third kappa shape index (κ3) is 4.21. The van der Waals surface area contributed by atoms with Gasteiger partial charge in [0, 0.05) is 11.1 Å². The third-order valence-electron chi connectivity index (χ3n) is 4.37. The first-order valence-electron chi connectivity index (χ1n) is 8.90. The Bertz CT molecular complexity index is 1240. The molecule has 0 saturated heterocycles. The molecule has 0 spiro atoms. The minimum Gasteiger partial charge on any atom is -0.324 e. The Balaban J connectivity index is 1.68. The maximum Gasteiger partial charge on any atom is 0.230 e. The summed E-state index contributed by atoms with van der Waals surface area (Å²) >= 11 is 0. The van der Waals surface area contributed by atoms with E-state index in [4.69, 9.17) is 5.26 Å². The van der Waals surface area contributed by atoms with Gasteiger partial charge < -0.3 is 5.32 Å². The number of carbonyl (C=O) groups excluding carboxylic acids is 1. The number of nitrogens with zero attached hydrogens (tertiary/aromatic N) is 2. The van der Waals surface area contributed by atoms with E-state index in [9.17, 15) is 9.18 Å². The Morgan fingerprint density at radius 1 is 0.931 bits per heavy atom. The maximum atomic E-state index is 13.0. The van der Waals surface area contributed by atoms with Gasteiger partial charge in [-0.1, -0.05) is 24.0 Å². The van der Waals surface area contributed by atoms with Crippen molar-refractivity contribution in [2.75, 3.05) is 5.32 Å². The van der Waals surface area contributed by atoms with Crippen LogP contribution >= 0.6 is 0 Å². The zero-order valence-electron chi connectivity index (χ0n) is 15.2. The van der Waals surface area contributed by atoms with Crippen LogP contribution in [-0.4, -0.2) is 11.6 Å². The Hall–Kier alpha value is -4.22. The van der Waals surface area contributed by atoms with Crippen LogP contribution in [0.1, 0.15) is 28.7 Å². The summed E-state index contributed by atoms with van der Waals surface area (Å²) in [7, 11) is 0. The van der Waals surface area contributed by atoms with E-state index in [2.05, 4.69) is 28.2 Å². The van der Waals surface area contributed by atoms with E-state index in [1.54, 1.807) is 42.5 Å². The molecular weight excluding hydrogens is 365 g/mol. The minimum atomic E-state index is -0.308. The molecule has 0 aliphatic carbocycles. The summed E-state index contributed by atoms with van der Waals surface area (Å²) in [5, 5.41) is 12.0. The topological polar surface area (TPSA) is 65.2 Å². The van der Waals surface area contributed by atoms with E-state index in [-0.39, 0.29) is 18.1 Å². The SMILES string of the molecule is N#Cc1cccc(C2=Nc3ccc(C#Cc4ccc(F)cc4)cc3NC(=O)C2)c1. The van der Waals surface area contributed by atoms with Crippen LogP contribution in [0.5, 0.6) is 0 Å². The first kappa shape index (κ1) is 18.2. The van der Waals surface area contributed by atoms with E-state index in [0.29, 0.717) is 33.8 Å². The van der Waals surface area contributed by atoms with Gasteiger partial charge in [-0.2, -0.15) is 5.26 Å². The highest BCUT2D eigenvalue weighted by Crippen LogP contribution is 2.30. The van der Waals surface area contributed by atoms with Gasteiger partial charge in [0.2, 0.25) is 5.91 Å². The van der Waals surface area contributed by atoms with Crippen LogP contribution in [0, 0.1) is 29.0 Å². The summed E-state index contributed by atoms with van der Waals surface area (Å²) in [5.41, 5.74) is 4.46. The fourth-order valence-corrected chi connectivity index (χ4v) is 2.96. The van der Waals surface area contributed by atoms with Gasteiger partial charge >= 0.3 is 0 Å². The monoisotopic (exact) mass is 379 g/mol. The second-order valence-corrected chi connectivity index (χ2v) is 6.46. The van der Waals surface area contributed by atoms with Crippen molar-refractivity contribution < 1.29 is 9.18 Å². The quantitative estimate of drug-likeness (QED) is 0.630. The summed E-state index contributed by atoms with van der Waals surface area (Å²) in [6.45, 7) is 0. The fourth-order valence-electron chi connectivity index (χ4n) is 2.96. The van der Waals surface area contributed by atoms with Crippen LogP contribution in [-0.2, 0) is 4.79 Å². The molecule has 0 aromatic heterocycles. The summed E-state index contributed by atoms with van der Waals surface area (Å²) in [6, 6.07) is 20.5. The highest BCUT2D eigenvalue weighted by atomic mass is 19.1. The Kier molecular flexibility index (Phi) is 4.88. The summed E-state index contributed by atoms with van der Waals surface area (Å²) in [6.07, 6.45) is 0.111. The molecule has 0 radical (unpaired) electrons. The molecule has 0 unspecified atom stereocenters. The lowest BCUT2D eigenvalue weighted by Gasteiger charge is -2.04. The molecule has 0 bridgehead atoms. The molecule has 3 aromatic carbocycles. The molecule has 29 heavy (non-hydrogen) atoms. The molecule has 4 rings (SSSR count). The van der Waals surface area contributed by atoms with Crippen molar-refractivity contribution in [3.8, 4) is 17.9 Å². The standard InChI is InChI=1S/C24H14FN3O/c25-20-9-6-16(7-10-20)4-5-17-8-11-21-23(13-17)28-24(29)14-22(27-21)19-3-1-2-18(12-19)15-26/h1-3,6-13H,14H2,(H,28,29). The molecule has 138 valence electrons. The van der Waals surface area contributed by atoms with E-state index in [0.717, 1.165) is 5.56 Å². The molecule has 1 heterocycles. The lowest BCUT2D eigenvalue weighted by molar-refractivity contribution is -0.115. The van der Waals surface area contributed by atoms with Gasteiger partial charge in [-0.15, -0.1) is 0 Å². The van der Waals surface area contributed by atoms with Crippen LogP contribution in [0.25, 0.3) is 0 Å². The molecule has 0 atom stereocenters.